The molecule has 7 heteroatoms. The van der Waals surface area contributed by atoms with Gasteiger partial charge in [-0.05, 0) is 51.4 Å². The molecule has 0 radical (unpaired) electrons. The van der Waals surface area contributed by atoms with E-state index in [1.54, 1.807) is 0 Å². The number of aliphatic hydroxyl groups is 1. The molecule has 6 nitrogen and oxygen atoms in total. The third-order valence-corrected chi connectivity index (χ3v) is 6.97. The van der Waals surface area contributed by atoms with E-state index in [1.165, 1.54) is 6.42 Å². The molecule has 40 heavy (non-hydrogen) atoms. The summed E-state index contributed by atoms with van der Waals surface area (Å²) in [6.07, 6.45) is 37.5. The number of nitrogens with one attached hydrogen (secondary N) is 1. The van der Waals surface area contributed by atoms with Gasteiger partial charge in [0, 0.05) is 6.42 Å². The van der Waals surface area contributed by atoms with Crippen molar-refractivity contribution in [2.24, 2.45) is 0 Å². The second kappa shape index (κ2) is 27.0. The predicted molar refractivity (Wildman–Crippen MR) is 170 cm³/mol. The Bertz CT molecular complexity index is 900. The van der Waals surface area contributed by atoms with E-state index in [2.05, 4.69) is 79.9 Å². The lowest BCUT2D eigenvalue weighted by atomic mass is 10.0. The van der Waals surface area contributed by atoms with E-state index >= 15 is 0 Å². The Morgan fingerprint density at radius 1 is 0.700 bits per heavy atom. The molecule has 0 spiro atoms. The fourth-order valence-corrected chi connectivity index (χ4v) is 4.70. The quantitative estimate of drug-likeness (QED) is 0.0580. The summed E-state index contributed by atoms with van der Waals surface area (Å²) >= 11 is 0. The zero-order valence-electron chi connectivity index (χ0n) is 24.9. The third kappa shape index (κ3) is 27.4. The van der Waals surface area contributed by atoms with Gasteiger partial charge in [0.15, 0.2) is 0 Å². The van der Waals surface area contributed by atoms with Gasteiger partial charge in [-0.2, -0.15) is 8.42 Å². The van der Waals surface area contributed by atoms with Crippen molar-refractivity contribution in [2.75, 3.05) is 5.75 Å². The number of rotatable bonds is 25. The number of carbonyl (C=O) groups is 1. The van der Waals surface area contributed by atoms with Crippen molar-refractivity contribution in [1.29, 1.82) is 0 Å². The van der Waals surface area contributed by atoms with Crippen LogP contribution in [0, 0.1) is 0 Å². The highest BCUT2D eigenvalue weighted by Gasteiger charge is 2.25. The van der Waals surface area contributed by atoms with E-state index in [1.807, 2.05) is 12.2 Å². The van der Waals surface area contributed by atoms with Gasteiger partial charge in [0.2, 0.25) is 5.91 Å². The first kappa shape index (κ1) is 37.8. The lowest BCUT2D eigenvalue weighted by Gasteiger charge is -2.23. The number of hydrogen-bond donors (Lipinski definition) is 3. The molecule has 0 aliphatic rings. The Morgan fingerprint density at radius 2 is 1.15 bits per heavy atom. The largest absolute Gasteiger partial charge is 0.391 e. The van der Waals surface area contributed by atoms with Crippen molar-refractivity contribution in [3.05, 3.63) is 72.9 Å². The first-order chi connectivity index (χ1) is 19.3. The van der Waals surface area contributed by atoms with Gasteiger partial charge in [-0.25, -0.2) is 0 Å². The Morgan fingerprint density at radius 3 is 1.62 bits per heavy atom. The third-order valence-electron chi connectivity index (χ3n) is 6.19. The molecule has 0 aromatic rings. The Balaban J connectivity index is 4.14. The summed E-state index contributed by atoms with van der Waals surface area (Å²) in [5, 5.41) is 13.0. The van der Waals surface area contributed by atoms with Crippen molar-refractivity contribution in [3.63, 3.8) is 0 Å². The first-order valence-corrected chi connectivity index (χ1v) is 16.7. The van der Waals surface area contributed by atoms with Crippen LogP contribution in [0.4, 0.5) is 0 Å². The summed E-state index contributed by atoms with van der Waals surface area (Å²) in [5.41, 5.74) is 0. The molecule has 0 rings (SSSR count). The summed E-state index contributed by atoms with van der Waals surface area (Å²) in [4.78, 5) is 12.3. The normalized spacial score (nSPS) is 14.6. The maximum Gasteiger partial charge on any atom is 0.266 e. The molecule has 3 N–H and O–H groups in total. The minimum atomic E-state index is -4.32. The van der Waals surface area contributed by atoms with Crippen LogP contribution in [-0.2, 0) is 14.9 Å². The zero-order chi connectivity index (χ0) is 29.7. The molecule has 0 bridgehead atoms. The minimum Gasteiger partial charge on any atom is -0.391 e. The van der Waals surface area contributed by atoms with Gasteiger partial charge in [-0.3, -0.25) is 9.35 Å². The monoisotopic (exact) mass is 577 g/mol. The SMILES string of the molecule is CC/C=C\C/C=C\C/C=C\C/C=C\C/C=C\C/C=C\CCC(=O)NC(CS(=O)(=O)O)C(O)CCCCCCCC. The van der Waals surface area contributed by atoms with E-state index in [0.29, 0.717) is 12.8 Å². The number of carbonyl (C=O) groups excluding carboxylic acids is 1. The fourth-order valence-electron chi connectivity index (χ4n) is 3.94. The fraction of sp³-hybridized carbons (Fsp3) is 0.606. The lowest BCUT2D eigenvalue weighted by molar-refractivity contribution is -0.122. The molecule has 0 saturated carbocycles. The summed E-state index contributed by atoms with van der Waals surface area (Å²) in [5.74, 6) is -1.02. The number of hydrogen-bond acceptors (Lipinski definition) is 4. The molecule has 0 heterocycles. The summed E-state index contributed by atoms with van der Waals surface area (Å²) in [6.45, 7) is 4.28. The number of aliphatic hydroxyl groups excluding tert-OH is 1. The molecule has 0 aliphatic heterocycles. The van der Waals surface area contributed by atoms with Gasteiger partial charge in [0.05, 0.1) is 17.9 Å². The zero-order valence-corrected chi connectivity index (χ0v) is 25.7. The molecule has 0 aromatic carbocycles. The summed E-state index contributed by atoms with van der Waals surface area (Å²) in [6, 6.07) is -1.01. The first-order valence-electron chi connectivity index (χ1n) is 15.1. The summed E-state index contributed by atoms with van der Waals surface area (Å²) in [7, 11) is -4.32. The van der Waals surface area contributed by atoms with Gasteiger partial charge in [-0.1, -0.05) is 125 Å². The van der Waals surface area contributed by atoms with Crippen LogP contribution in [0.5, 0.6) is 0 Å². The topological polar surface area (TPSA) is 104 Å². The van der Waals surface area contributed by atoms with Gasteiger partial charge in [0.25, 0.3) is 10.1 Å². The van der Waals surface area contributed by atoms with Crippen LogP contribution >= 0.6 is 0 Å². The van der Waals surface area contributed by atoms with Crippen LogP contribution in [0.15, 0.2) is 72.9 Å². The molecule has 2 atom stereocenters. The molecule has 0 fully saturated rings. The van der Waals surface area contributed by atoms with E-state index in [4.69, 9.17) is 0 Å². The molecule has 2 unspecified atom stereocenters. The van der Waals surface area contributed by atoms with Gasteiger partial charge in [-0.15, -0.1) is 0 Å². The highest BCUT2D eigenvalue weighted by Crippen LogP contribution is 2.12. The second-order valence-electron chi connectivity index (χ2n) is 10.0. The number of amides is 1. The average molecular weight is 578 g/mol. The molecule has 0 saturated heterocycles. The van der Waals surface area contributed by atoms with Crippen molar-refractivity contribution >= 4 is 16.0 Å². The van der Waals surface area contributed by atoms with Crippen molar-refractivity contribution in [3.8, 4) is 0 Å². The maximum atomic E-state index is 12.3. The number of unbranched alkanes of at least 4 members (excludes halogenated alkanes) is 5. The lowest BCUT2D eigenvalue weighted by Crippen LogP contribution is -2.47. The molecular weight excluding hydrogens is 522 g/mol. The van der Waals surface area contributed by atoms with Crippen LogP contribution in [-0.4, -0.2) is 41.9 Å². The highest BCUT2D eigenvalue weighted by molar-refractivity contribution is 7.85. The average Bonchev–Trinajstić information content (AvgIpc) is 2.90. The van der Waals surface area contributed by atoms with Crippen LogP contribution in [0.1, 0.15) is 110 Å². The van der Waals surface area contributed by atoms with Gasteiger partial charge < -0.3 is 10.4 Å². The molecule has 0 aliphatic carbocycles. The maximum absolute atomic E-state index is 12.3. The van der Waals surface area contributed by atoms with Crippen molar-refractivity contribution in [2.45, 2.75) is 122 Å². The smallest absolute Gasteiger partial charge is 0.266 e. The van der Waals surface area contributed by atoms with Crippen LogP contribution in [0.25, 0.3) is 0 Å². The van der Waals surface area contributed by atoms with Crippen LogP contribution in [0.2, 0.25) is 0 Å². The van der Waals surface area contributed by atoms with Gasteiger partial charge >= 0.3 is 0 Å². The standard InChI is InChI=1S/C33H55NO5S/c1-3-5-7-9-11-12-13-14-15-16-17-18-19-20-21-22-23-25-27-29-33(36)34-31(30-40(37,38)39)32(35)28-26-24-10-8-6-4-2/h5,7,11-12,14-15,17-18,20-21,23,25,31-32,35H,3-4,6,8-10,13,16,19,22,24,26-30H2,1-2H3,(H,34,36)(H,37,38,39)/b7-5-,12-11-,15-14-,18-17-,21-20-,25-23-. The molecular formula is C33H55NO5S. The Kier molecular flexibility index (Phi) is 25.5. The van der Waals surface area contributed by atoms with Crippen molar-refractivity contribution < 1.29 is 22.9 Å². The van der Waals surface area contributed by atoms with E-state index in [0.717, 1.165) is 70.6 Å². The summed E-state index contributed by atoms with van der Waals surface area (Å²) < 4.78 is 32.0. The Hall–Kier alpha value is -2.22. The highest BCUT2D eigenvalue weighted by atomic mass is 32.2. The van der Waals surface area contributed by atoms with E-state index in [-0.39, 0.29) is 12.3 Å². The van der Waals surface area contributed by atoms with E-state index in [9.17, 15) is 22.9 Å². The molecule has 1 amide bonds. The van der Waals surface area contributed by atoms with Crippen molar-refractivity contribution in [1.82, 2.24) is 5.32 Å². The van der Waals surface area contributed by atoms with E-state index < -0.39 is 28.0 Å². The van der Waals surface area contributed by atoms with Crippen LogP contribution < -0.4 is 5.32 Å². The number of allylic oxidation sites excluding steroid dienone is 12. The Labute approximate surface area is 244 Å². The minimum absolute atomic E-state index is 0.188. The van der Waals surface area contributed by atoms with Crippen LogP contribution in [0.3, 0.4) is 0 Å². The molecule has 228 valence electrons. The predicted octanol–water partition coefficient (Wildman–Crippen LogP) is 7.95. The molecule has 0 aromatic heterocycles. The second-order valence-corrected chi connectivity index (χ2v) is 11.5. The van der Waals surface area contributed by atoms with Gasteiger partial charge in [0.1, 0.15) is 0 Å².